The van der Waals surface area contributed by atoms with Gasteiger partial charge in [0.25, 0.3) is 5.91 Å². The third kappa shape index (κ3) is 2.48. The van der Waals surface area contributed by atoms with Gasteiger partial charge in [0.15, 0.2) is 5.69 Å². The molecule has 6 nitrogen and oxygen atoms in total. The van der Waals surface area contributed by atoms with Gasteiger partial charge in [0.1, 0.15) is 5.82 Å². The van der Waals surface area contributed by atoms with Gasteiger partial charge in [0.2, 0.25) is 0 Å². The van der Waals surface area contributed by atoms with Crippen LogP contribution >= 0.6 is 0 Å². The first-order valence-electron chi connectivity index (χ1n) is 7.60. The summed E-state index contributed by atoms with van der Waals surface area (Å²) in [4.78, 5) is 23.3. The first kappa shape index (κ1) is 14.3. The zero-order chi connectivity index (χ0) is 15.1. The van der Waals surface area contributed by atoms with Gasteiger partial charge >= 0.3 is 0 Å². The summed E-state index contributed by atoms with van der Waals surface area (Å²) in [5.41, 5.74) is 6.55. The molecule has 2 unspecified atom stereocenters. The van der Waals surface area contributed by atoms with E-state index >= 15 is 0 Å². The highest BCUT2D eigenvalue weighted by molar-refractivity contribution is 5.97. The fourth-order valence-electron chi connectivity index (χ4n) is 3.46. The summed E-state index contributed by atoms with van der Waals surface area (Å²) < 4.78 is 0. The van der Waals surface area contributed by atoms with E-state index in [0.29, 0.717) is 30.0 Å². The number of nitrogens with zero attached hydrogens (tertiary/aromatic N) is 3. The normalized spacial score (nSPS) is 28.2. The summed E-state index contributed by atoms with van der Waals surface area (Å²) in [6.45, 7) is 3.97. The lowest BCUT2D eigenvalue weighted by Crippen LogP contribution is -2.48. The molecular formula is C15H22N4O2. The summed E-state index contributed by atoms with van der Waals surface area (Å²) in [5.74, 6) is 0.671. The maximum absolute atomic E-state index is 12.8. The van der Waals surface area contributed by atoms with Crippen LogP contribution in [0.3, 0.4) is 0 Å². The van der Waals surface area contributed by atoms with E-state index in [2.05, 4.69) is 9.97 Å². The van der Waals surface area contributed by atoms with Gasteiger partial charge < -0.3 is 15.7 Å². The summed E-state index contributed by atoms with van der Waals surface area (Å²) in [6.07, 6.45) is 4.45. The fraction of sp³-hybridized carbons (Fsp3) is 0.667. The third-order valence-corrected chi connectivity index (χ3v) is 4.50. The molecule has 114 valence electrons. The molecule has 6 heteroatoms. The largest absolute Gasteiger partial charge is 0.396 e. The molecule has 3 N–H and O–H groups in total. The van der Waals surface area contributed by atoms with Gasteiger partial charge in [0.05, 0.1) is 18.0 Å². The van der Waals surface area contributed by atoms with Crippen LogP contribution in [-0.2, 0) is 0 Å². The Bertz CT molecular complexity index is 547. The molecule has 2 fully saturated rings. The van der Waals surface area contributed by atoms with Gasteiger partial charge in [-0.05, 0) is 25.7 Å². The number of nitrogens with two attached hydrogens (primary N) is 1. The molecule has 1 aromatic heterocycles. The maximum atomic E-state index is 12.8. The Labute approximate surface area is 124 Å². The summed E-state index contributed by atoms with van der Waals surface area (Å²) in [6, 6.07) is 0.228. The quantitative estimate of drug-likeness (QED) is 0.856. The van der Waals surface area contributed by atoms with Crippen LogP contribution in [0.15, 0.2) is 6.20 Å². The molecule has 2 saturated heterocycles. The van der Waals surface area contributed by atoms with Crippen LogP contribution in [-0.4, -0.2) is 44.1 Å². The van der Waals surface area contributed by atoms with E-state index in [1.54, 1.807) is 0 Å². The molecule has 0 aliphatic carbocycles. The van der Waals surface area contributed by atoms with Crippen molar-refractivity contribution in [3.63, 3.8) is 0 Å². The number of nitrogen functional groups attached to an aromatic ring is 1. The SMILES string of the molecule is CC(C)c1ncc(N)c(C(=O)N2C3CCC2CC(O)C3)n1. The van der Waals surface area contributed by atoms with E-state index in [-0.39, 0.29) is 30.0 Å². The maximum Gasteiger partial charge on any atom is 0.275 e. The first-order valence-corrected chi connectivity index (χ1v) is 7.60. The number of aromatic nitrogens is 2. The third-order valence-electron chi connectivity index (χ3n) is 4.50. The number of hydrogen-bond donors (Lipinski definition) is 2. The predicted octanol–water partition coefficient (Wildman–Crippen LogP) is 1.31. The Morgan fingerprint density at radius 1 is 1.38 bits per heavy atom. The molecule has 2 aliphatic rings. The molecule has 0 spiro atoms. The van der Waals surface area contributed by atoms with Crippen molar-refractivity contribution >= 4 is 11.6 Å². The van der Waals surface area contributed by atoms with E-state index in [1.807, 2.05) is 18.7 Å². The van der Waals surface area contributed by atoms with Gasteiger partial charge in [0, 0.05) is 18.0 Å². The summed E-state index contributed by atoms with van der Waals surface area (Å²) in [7, 11) is 0. The lowest BCUT2D eigenvalue weighted by Gasteiger charge is -2.37. The Morgan fingerprint density at radius 3 is 2.57 bits per heavy atom. The van der Waals surface area contributed by atoms with Gasteiger partial charge in [-0.1, -0.05) is 13.8 Å². The lowest BCUT2D eigenvalue weighted by molar-refractivity contribution is 0.0283. The topological polar surface area (TPSA) is 92.3 Å². The minimum atomic E-state index is -0.291. The second-order valence-electron chi connectivity index (χ2n) is 6.41. The number of piperidine rings is 1. The Balaban J connectivity index is 1.91. The number of rotatable bonds is 2. The number of hydrogen-bond acceptors (Lipinski definition) is 5. The van der Waals surface area contributed by atoms with E-state index < -0.39 is 0 Å². The first-order chi connectivity index (χ1) is 9.97. The van der Waals surface area contributed by atoms with Crippen LogP contribution in [0, 0.1) is 0 Å². The minimum Gasteiger partial charge on any atom is -0.396 e. The zero-order valence-corrected chi connectivity index (χ0v) is 12.5. The standard InChI is InChI=1S/C15H22N4O2/c1-8(2)14-17-7-12(16)13(18-14)15(21)19-9-3-4-10(19)6-11(20)5-9/h7-11,20H,3-6,16H2,1-2H3. The molecule has 3 heterocycles. The highest BCUT2D eigenvalue weighted by Crippen LogP contribution is 2.37. The molecule has 0 radical (unpaired) electrons. The fourth-order valence-corrected chi connectivity index (χ4v) is 3.46. The molecule has 2 aliphatic heterocycles. The number of fused-ring (bicyclic) bond motifs is 2. The second kappa shape index (κ2) is 5.26. The van der Waals surface area contributed by atoms with Crippen molar-refractivity contribution in [1.82, 2.24) is 14.9 Å². The lowest BCUT2D eigenvalue weighted by atomic mass is 9.99. The summed E-state index contributed by atoms with van der Waals surface area (Å²) >= 11 is 0. The van der Waals surface area contributed by atoms with Crippen molar-refractivity contribution in [2.75, 3.05) is 5.73 Å². The molecule has 2 atom stereocenters. The van der Waals surface area contributed by atoms with Gasteiger partial charge in [-0.25, -0.2) is 9.97 Å². The van der Waals surface area contributed by atoms with Crippen LogP contribution in [0.2, 0.25) is 0 Å². The van der Waals surface area contributed by atoms with Crippen molar-refractivity contribution in [2.45, 2.75) is 63.6 Å². The molecule has 3 rings (SSSR count). The van der Waals surface area contributed by atoms with E-state index in [1.165, 1.54) is 6.20 Å². The van der Waals surface area contributed by atoms with Gasteiger partial charge in [-0.15, -0.1) is 0 Å². The van der Waals surface area contributed by atoms with Crippen LogP contribution in [0.1, 0.15) is 61.8 Å². The molecule has 0 saturated carbocycles. The number of aliphatic hydroxyl groups is 1. The van der Waals surface area contributed by atoms with Crippen molar-refractivity contribution < 1.29 is 9.90 Å². The van der Waals surface area contributed by atoms with Crippen molar-refractivity contribution in [2.24, 2.45) is 0 Å². The average Bonchev–Trinajstić information content (AvgIpc) is 2.70. The molecule has 2 bridgehead atoms. The minimum absolute atomic E-state index is 0.114. The van der Waals surface area contributed by atoms with Crippen molar-refractivity contribution in [3.8, 4) is 0 Å². The summed E-state index contributed by atoms with van der Waals surface area (Å²) in [5, 5.41) is 9.84. The number of carbonyl (C=O) groups is 1. The average molecular weight is 290 g/mol. The van der Waals surface area contributed by atoms with Gasteiger partial charge in [-0.2, -0.15) is 0 Å². The second-order valence-corrected chi connectivity index (χ2v) is 6.41. The molecular weight excluding hydrogens is 268 g/mol. The van der Waals surface area contributed by atoms with Crippen LogP contribution in [0.4, 0.5) is 5.69 Å². The molecule has 0 aromatic carbocycles. The Morgan fingerprint density at radius 2 is 2.00 bits per heavy atom. The molecule has 1 aromatic rings. The highest BCUT2D eigenvalue weighted by atomic mass is 16.3. The van der Waals surface area contributed by atoms with Crippen molar-refractivity contribution in [1.29, 1.82) is 0 Å². The zero-order valence-electron chi connectivity index (χ0n) is 12.5. The van der Waals surface area contributed by atoms with E-state index in [4.69, 9.17) is 5.73 Å². The number of aliphatic hydroxyl groups excluding tert-OH is 1. The molecule has 21 heavy (non-hydrogen) atoms. The van der Waals surface area contributed by atoms with E-state index in [9.17, 15) is 9.90 Å². The van der Waals surface area contributed by atoms with Gasteiger partial charge in [-0.3, -0.25) is 4.79 Å². The van der Waals surface area contributed by atoms with Crippen molar-refractivity contribution in [3.05, 3.63) is 17.7 Å². The highest BCUT2D eigenvalue weighted by Gasteiger charge is 2.43. The van der Waals surface area contributed by atoms with E-state index in [0.717, 1.165) is 12.8 Å². The monoisotopic (exact) mass is 290 g/mol. The number of anilines is 1. The van der Waals surface area contributed by atoms with Crippen LogP contribution in [0.25, 0.3) is 0 Å². The smallest absolute Gasteiger partial charge is 0.275 e. The molecule has 1 amide bonds. The Hall–Kier alpha value is -1.69. The number of carbonyl (C=O) groups excluding carboxylic acids is 1. The van der Waals surface area contributed by atoms with Crippen LogP contribution < -0.4 is 5.73 Å². The Kier molecular flexibility index (Phi) is 3.57. The van der Waals surface area contributed by atoms with Crippen LogP contribution in [0.5, 0.6) is 0 Å². The number of amides is 1. The predicted molar refractivity (Wildman–Crippen MR) is 78.8 cm³/mol.